The summed E-state index contributed by atoms with van der Waals surface area (Å²) in [6.07, 6.45) is 4.72. The van der Waals surface area contributed by atoms with Gasteiger partial charge in [-0.2, -0.15) is 0 Å². The molecule has 172 valence electrons. The molecule has 8 heteroatoms. The van der Waals surface area contributed by atoms with Gasteiger partial charge in [-0.25, -0.2) is 9.97 Å². The van der Waals surface area contributed by atoms with E-state index in [1.165, 1.54) is 0 Å². The van der Waals surface area contributed by atoms with Gasteiger partial charge in [-0.15, -0.1) is 0 Å². The van der Waals surface area contributed by atoms with E-state index in [-0.39, 0.29) is 11.8 Å². The van der Waals surface area contributed by atoms with Crippen LogP contribution in [0.15, 0.2) is 60.9 Å². The SMILES string of the molecule is COc1cccc(Oc2nccnc2N2CCC(C(=O)NCc3ccccc3OC)CC2)c1. The van der Waals surface area contributed by atoms with E-state index in [1.807, 2.05) is 42.5 Å². The number of anilines is 1. The van der Waals surface area contributed by atoms with Crippen LogP contribution in [-0.2, 0) is 11.3 Å². The zero-order chi connectivity index (χ0) is 23.0. The van der Waals surface area contributed by atoms with Gasteiger partial charge in [-0.05, 0) is 31.0 Å². The fourth-order valence-electron chi connectivity index (χ4n) is 3.91. The fourth-order valence-corrected chi connectivity index (χ4v) is 3.91. The highest BCUT2D eigenvalue weighted by atomic mass is 16.5. The molecule has 0 atom stereocenters. The molecule has 33 heavy (non-hydrogen) atoms. The van der Waals surface area contributed by atoms with E-state index < -0.39 is 0 Å². The summed E-state index contributed by atoms with van der Waals surface area (Å²) in [5, 5.41) is 3.05. The number of hydrogen-bond donors (Lipinski definition) is 1. The number of ether oxygens (including phenoxy) is 3. The summed E-state index contributed by atoms with van der Waals surface area (Å²) in [5.74, 6) is 3.24. The molecule has 1 aromatic heterocycles. The Labute approximate surface area is 193 Å². The van der Waals surface area contributed by atoms with Crippen molar-refractivity contribution >= 4 is 11.7 Å². The first-order valence-electron chi connectivity index (χ1n) is 11.0. The van der Waals surface area contributed by atoms with E-state index in [1.54, 1.807) is 32.7 Å². The van der Waals surface area contributed by atoms with Gasteiger partial charge in [0.05, 0.1) is 14.2 Å². The van der Waals surface area contributed by atoms with Crippen molar-refractivity contribution in [3.8, 4) is 23.1 Å². The van der Waals surface area contributed by atoms with E-state index in [0.29, 0.717) is 42.8 Å². The Morgan fingerprint density at radius 3 is 2.55 bits per heavy atom. The maximum Gasteiger partial charge on any atom is 0.263 e. The second kappa shape index (κ2) is 10.7. The summed E-state index contributed by atoms with van der Waals surface area (Å²) in [6, 6.07) is 15.1. The van der Waals surface area contributed by atoms with Crippen LogP contribution >= 0.6 is 0 Å². The lowest BCUT2D eigenvalue weighted by Crippen LogP contribution is -2.40. The van der Waals surface area contributed by atoms with E-state index in [2.05, 4.69) is 20.2 Å². The van der Waals surface area contributed by atoms with Crippen LogP contribution in [0.4, 0.5) is 5.82 Å². The predicted molar refractivity (Wildman–Crippen MR) is 125 cm³/mol. The summed E-state index contributed by atoms with van der Waals surface area (Å²) < 4.78 is 16.6. The van der Waals surface area contributed by atoms with Crippen molar-refractivity contribution in [1.82, 2.24) is 15.3 Å². The Morgan fingerprint density at radius 1 is 1.00 bits per heavy atom. The molecular weight excluding hydrogens is 420 g/mol. The zero-order valence-corrected chi connectivity index (χ0v) is 18.9. The number of amides is 1. The second-order valence-corrected chi connectivity index (χ2v) is 7.76. The van der Waals surface area contributed by atoms with Crippen molar-refractivity contribution in [1.29, 1.82) is 0 Å². The molecule has 0 saturated carbocycles. The van der Waals surface area contributed by atoms with Gasteiger partial charge >= 0.3 is 0 Å². The van der Waals surface area contributed by atoms with Crippen LogP contribution < -0.4 is 24.4 Å². The molecule has 1 N–H and O–H groups in total. The molecule has 0 bridgehead atoms. The lowest BCUT2D eigenvalue weighted by molar-refractivity contribution is -0.125. The average molecular weight is 449 g/mol. The highest BCUT2D eigenvalue weighted by Gasteiger charge is 2.27. The minimum Gasteiger partial charge on any atom is -0.497 e. The maximum absolute atomic E-state index is 12.7. The highest BCUT2D eigenvalue weighted by Crippen LogP contribution is 2.32. The summed E-state index contributed by atoms with van der Waals surface area (Å²) in [6.45, 7) is 1.84. The number of piperidine rings is 1. The number of hydrogen-bond acceptors (Lipinski definition) is 7. The normalized spacial score (nSPS) is 13.9. The van der Waals surface area contributed by atoms with Gasteiger partial charge in [0, 0.05) is 49.6 Å². The number of para-hydroxylation sites is 1. The Morgan fingerprint density at radius 2 is 1.76 bits per heavy atom. The van der Waals surface area contributed by atoms with E-state index in [0.717, 1.165) is 24.2 Å². The van der Waals surface area contributed by atoms with Gasteiger partial charge < -0.3 is 24.4 Å². The molecule has 2 heterocycles. The molecule has 1 aliphatic rings. The lowest BCUT2D eigenvalue weighted by atomic mass is 9.96. The van der Waals surface area contributed by atoms with Crippen molar-refractivity contribution in [3.63, 3.8) is 0 Å². The topological polar surface area (TPSA) is 85.8 Å². The molecule has 0 radical (unpaired) electrons. The molecule has 1 amide bonds. The third kappa shape index (κ3) is 5.52. The molecule has 8 nitrogen and oxygen atoms in total. The number of nitrogens with one attached hydrogen (secondary N) is 1. The van der Waals surface area contributed by atoms with Crippen LogP contribution in [-0.4, -0.2) is 43.2 Å². The minimum absolute atomic E-state index is 0.0459. The van der Waals surface area contributed by atoms with Crippen LogP contribution in [0.2, 0.25) is 0 Å². The average Bonchev–Trinajstić information content (AvgIpc) is 2.88. The smallest absolute Gasteiger partial charge is 0.263 e. The monoisotopic (exact) mass is 448 g/mol. The summed E-state index contributed by atoms with van der Waals surface area (Å²) in [5.41, 5.74) is 0.963. The molecule has 2 aromatic carbocycles. The molecule has 3 aromatic rings. The summed E-state index contributed by atoms with van der Waals surface area (Å²) in [7, 11) is 3.25. The largest absolute Gasteiger partial charge is 0.497 e. The van der Waals surface area contributed by atoms with Crippen molar-refractivity contribution < 1.29 is 19.0 Å². The molecular formula is C25H28N4O4. The molecule has 4 rings (SSSR count). The number of benzene rings is 2. The minimum atomic E-state index is -0.0459. The molecule has 0 spiro atoms. The second-order valence-electron chi connectivity index (χ2n) is 7.76. The third-order valence-electron chi connectivity index (χ3n) is 5.71. The van der Waals surface area contributed by atoms with Crippen LogP contribution in [0.1, 0.15) is 18.4 Å². The van der Waals surface area contributed by atoms with Gasteiger partial charge in [0.1, 0.15) is 17.2 Å². The zero-order valence-electron chi connectivity index (χ0n) is 18.9. The first-order chi connectivity index (χ1) is 16.2. The number of aromatic nitrogens is 2. The first kappa shape index (κ1) is 22.4. The van der Waals surface area contributed by atoms with Gasteiger partial charge in [0.2, 0.25) is 5.91 Å². The number of methoxy groups -OCH3 is 2. The van der Waals surface area contributed by atoms with Crippen molar-refractivity contribution in [3.05, 3.63) is 66.5 Å². The standard InChI is InChI=1S/C25H28N4O4/c1-31-20-7-5-8-21(16-20)33-25-23(26-12-13-27-25)29-14-10-18(11-15-29)24(30)28-17-19-6-3-4-9-22(19)32-2/h3-9,12-13,16,18H,10-11,14-15,17H2,1-2H3,(H,28,30). The van der Waals surface area contributed by atoms with Crippen LogP contribution in [0.25, 0.3) is 0 Å². The fraction of sp³-hybridized carbons (Fsp3) is 0.320. The molecule has 0 unspecified atom stereocenters. The number of carbonyl (C=O) groups excluding carboxylic acids is 1. The Hall–Kier alpha value is -3.81. The van der Waals surface area contributed by atoms with Gasteiger partial charge in [0.15, 0.2) is 5.82 Å². The Kier molecular flexibility index (Phi) is 7.24. The number of rotatable bonds is 8. The summed E-state index contributed by atoms with van der Waals surface area (Å²) in [4.78, 5) is 23.7. The van der Waals surface area contributed by atoms with Crippen LogP contribution in [0, 0.1) is 5.92 Å². The third-order valence-corrected chi connectivity index (χ3v) is 5.71. The van der Waals surface area contributed by atoms with Crippen LogP contribution in [0.3, 0.4) is 0 Å². The van der Waals surface area contributed by atoms with Crippen molar-refractivity contribution in [2.75, 3.05) is 32.2 Å². The lowest BCUT2D eigenvalue weighted by Gasteiger charge is -2.32. The number of nitrogens with zero attached hydrogens (tertiary/aromatic N) is 3. The summed E-state index contributed by atoms with van der Waals surface area (Å²) >= 11 is 0. The van der Waals surface area contributed by atoms with Crippen LogP contribution in [0.5, 0.6) is 23.1 Å². The van der Waals surface area contributed by atoms with Gasteiger partial charge in [0.25, 0.3) is 5.88 Å². The quantitative estimate of drug-likeness (QED) is 0.561. The molecule has 1 fully saturated rings. The Balaban J connectivity index is 1.35. The molecule has 1 saturated heterocycles. The molecule has 0 aliphatic carbocycles. The first-order valence-corrected chi connectivity index (χ1v) is 11.0. The molecule has 1 aliphatic heterocycles. The maximum atomic E-state index is 12.7. The Bertz CT molecular complexity index is 1080. The van der Waals surface area contributed by atoms with Gasteiger partial charge in [-0.1, -0.05) is 24.3 Å². The van der Waals surface area contributed by atoms with E-state index >= 15 is 0 Å². The van der Waals surface area contributed by atoms with Gasteiger partial charge in [-0.3, -0.25) is 4.79 Å². The van der Waals surface area contributed by atoms with Crippen molar-refractivity contribution in [2.24, 2.45) is 5.92 Å². The predicted octanol–water partition coefficient (Wildman–Crippen LogP) is 3.82. The van der Waals surface area contributed by atoms with E-state index in [9.17, 15) is 4.79 Å². The number of carbonyl (C=O) groups is 1. The highest BCUT2D eigenvalue weighted by molar-refractivity contribution is 5.79. The van der Waals surface area contributed by atoms with Crippen molar-refractivity contribution in [2.45, 2.75) is 19.4 Å². The van der Waals surface area contributed by atoms with E-state index in [4.69, 9.17) is 14.2 Å².